The number of likely N-dealkylation sites (tertiary alicyclic amines) is 1. The molecule has 19 heavy (non-hydrogen) atoms. The zero-order valence-electron chi connectivity index (χ0n) is 10.6. The molecule has 5 heteroatoms. The molecule has 1 fully saturated rings. The number of carbonyl (C=O) groups excluding carboxylic acids is 2. The predicted octanol–water partition coefficient (Wildman–Crippen LogP) is -0.787. The van der Waals surface area contributed by atoms with Crippen LogP contribution in [0.2, 0.25) is 0 Å². The number of hydrogen-bond donors (Lipinski definition) is 2. The first-order chi connectivity index (χ1) is 9.16. The molecule has 3 rings (SSSR count). The molecule has 0 aromatic heterocycles. The number of aliphatic hydroxyl groups is 1. The second-order valence-electron chi connectivity index (χ2n) is 5.22. The number of nitrogens with zero attached hydrogens (tertiary/aromatic N) is 1. The quantitative estimate of drug-likeness (QED) is 0.686. The Balaban J connectivity index is 1.78. The summed E-state index contributed by atoms with van der Waals surface area (Å²) >= 11 is 0. The summed E-state index contributed by atoms with van der Waals surface area (Å²) in [7, 11) is 0. The van der Waals surface area contributed by atoms with Gasteiger partial charge < -0.3 is 10.0 Å². The molecule has 0 unspecified atom stereocenters. The summed E-state index contributed by atoms with van der Waals surface area (Å²) < 4.78 is 0. The van der Waals surface area contributed by atoms with Crippen LogP contribution in [0.3, 0.4) is 0 Å². The van der Waals surface area contributed by atoms with E-state index in [9.17, 15) is 14.7 Å². The zero-order valence-corrected chi connectivity index (χ0v) is 10.6. The molecule has 0 bridgehead atoms. The van der Waals surface area contributed by atoms with E-state index in [0.717, 1.165) is 31.6 Å². The van der Waals surface area contributed by atoms with Crippen molar-refractivity contribution in [2.24, 2.45) is 0 Å². The highest BCUT2D eigenvalue weighted by Crippen LogP contribution is 2.27. The number of hydrogen-bond acceptors (Lipinski definition) is 3. The van der Waals surface area contributed by atoms with Crippen molar-refractivity contribution in [1.82, 2.24) is 0 Å². The lowest BCUT2D eigenvalue weighted by molar-refractivity contribution is -0.904. The van der Waals surface area contributed by atoms with Gasteiger partial charge >= 0.3 is 5.91 Å². The van der Waals surface area contributed by atoms with Crippen molar-refractivity contribution >= 4 is 17.4 Å². The van der Waals surface area contributed by atoms with Gasteiger partial charge in [-0.05, 0) is 12.1 Å². The maximum atomic E-state index is 12.0. The largest absolute Gasteiger partial charge is 0.393 e. The van der Waals surface area contributed by atoms with Crippen LogP contribution in [0.15, 0.2) is 24.3 Å². The van der Waals surface area contributed by atoms with Crippen molar-refractivity contribution in [2.45, 2.75) is 18.9 Å². The predicted molar refractivity (Wildman–Crippen MR) is 69.1 cm³/mol. The number of fused-ring (bicyclic) bond motifs is 1. The number of benzene rings is 1. The molecule has 5 nitrogen and oxygen atoms in total. The minimum Gasteiger partial charge on any atom is -0.393 e. The first-order valence-electron chi connectivity index (χ1n) is 6.63. The molecule has 2 aliphatic rings. The highest BCUT2D eigenvalue weighted by atomic mass is 16.3. The highest BCUT2D eigenvalue weighted by molar-refractivity contribution is 6.52. The van der Waals surface area contributed by atoms with Crippen molar-refractivity contribution in [1.29, 1.82) is 0 Å². The average molecular weight is 261 g/mol. The summed E-state index contributed by atoms with van der Waals surface area (Å²) in [6.45, 7) is 2.18. The number of anilines is 1. The molecule has 2 aliphatic heterocycles. The minimum absolute atomic E-state index is 0.216. The van der Waals surface area contributed by atoms with Crippen LogP contribution in [-0.2, 0) is 4.79 Å². The normalized spacial score (nSPS) is 26.7. The third-order valence-corrected chi connectivity index (χ3v) is 3.92. The Labute approximate surface area is 111 Å². The summed E-state index contributed by atoms with van der Waals surface area (Å²) in [6, 6.07) is 7.13. The number of amides is 1. The monoisotopic (exact) mass is 261 g/mol. The van der Waals surface area contributed by atoms with Crippen LogP contribution in [0.1, 0.15) is 23.2 Å². The molecule has 0 saturated carbocycles. The van der Waals surface area contributed by atoms with Gasteiger partial charge in [-0.15, -0.1) is 0 Å². The maximum Gasteiger partial charge on any atom is 0.303 e. The van der Waals surface area contributed by atoms with Crippen LogP contribution in [0.4, 0.5) is 5.69 Å². The fraction of sp³-hybridized carbons (Fsp3) is 0.429. The number of quaternary nitrogens is 1. The van der Waals surface area contributed by atoms with Crippen molar-refractivity contribution in [3.8, 4) is 0 Å². The Kier molecular flexibility index (Phi) is 3.08. The standard InChI is InChI=1S/C14H16N2O3/c17-10-5-7-15(8-6-10)9-16-12-4-2-1-3-11(12)13(18)14(16)19/h1-4,10,17H,5-9H2/p+1. The Morgan fingerprint density at radius 1 is 1.21 bits per heavy atom. The number of ketones is 1. The number of para-hydroxylation sites is 1. The number of piperidine rings is 1. The Morgan fingerprint density at radius 3 is 2.63 bits per heavy atom. The fourth-order valence-electron chi connectivity index (χ4n) is 2.80. The molecule has 1 aromatic rings. The second kappa shape index (κ2) is 4.75. The number of aliphatic hydroxyl groups excluding tert-OH is 1. The smallest absolute Gasteiger partial charge is 0.303 e. The fourth-order valence-corrected chi connectivity index (χ4v) is 2.80. The van der Waals surface area contributed by atoms with Crippen LogP contribution >= 0.6 is 0 Å². The number of nitrogens with one attached hydrogen (secondary N) is 1. The van der Waals surface area contributed by atoms with Crippen LogP contribution in [0.25, 0.3) is 0 Å². The summed E-state index contributed by atoms with van der Waals surface area (Å²) in [5.41, 5.74) is 1.22. The first kappa shape index (κ1) is 12.3. The van der Waals surface area contributed by atoms with Crippen molar-refractivity contribution < 1.29 is 19.6 Å². The van der Waals surface area contributed by atoms with Gasteiger partial charge in [-0.1, -0.05) is 12.1 Å². The van der Waals surface area contributed by atoms with Gasteiger partial charge in [0.15, 0.2) is 6.67 Å². The van der Waals surface area contributed by atoms with Crippen LogP contribution in [-0.4, -0.2) is 42.7 Å². The first-order valence-corrected chi connectivity index (χ1v) is 6.63. The van der Waals surface area contributed by atoms with Crippen LogP contribution in [0.5, 0.6) is 0 Å². The van der Waals surface area contributed by atoms with Gasteiger partial charge in [-0.25, -0.2) is 0 Å². The van der Waals surface area contributed by atoms with Gasteiger partial charge in [0, 0.05) is 12.8 Å². The SMILES string of the molecule is O=C1C(=O)N(C[NH+]2CCC(O)CC2)c2ccccc21. The molecule has 1 aromatic carbocycles. The van der Waals surface area contributed by atoms with E-state index in [4.69, 9.17) is 0 Å². The molecule has 1 amide bonds. The zero-order chi connectivity index (χ0) is 13.4. The van der Waals surface area contributed by atoms with Gasteiger partial charge in [0.2, 0.25) is 0 Å². The third kappa shape index (κ3) is 2.15. The summed E-state index contributed by atoms with van der Waals surface area (Å²) in [6.07, 6.45) is 1.30. The lowest BCUT2D eigenvalue weighted by atomic mass is 10.1. The van der Waals surface area contributed by atoms with Gasteiger partial charge in [0.25, 0.3) is 5.78 Å². The van der Waals surface area contributed by atoms with Gasteiger partial charge in [-0.2, -0.15) is 0 Å². The Bertz CT molecular complexity index is 521. The molecule has 0 atom stereocenters. The summed E-state index contributed by atoms with van der Waals surface area (Å²) in [5, 5.41) is 9.49. The van der Waals surface area contributed by atoms with Crippen LogP contribution in [0, 0.1) is 0 Å². The molecule has 0 aliphatic carbocycles. The number of rotatable bonds is 2. The van der Waals surface area contributed by atoms with E-state index >= 15 is 0 Å². The van der Waals surface area contributed by atoms with Gasteiger partial charge in [0.05, 0.1) is 30.4 Å². The van der Waals surface area contributed by atoms with Gasteiger partial charge in [-0.3, -0.25) is 14.5 Å². The lowest BCUT2D eigenvalue weighted by Gasteiger charge is -2.29. The van der Waals surface area contributed by atoms with E-state index in [2.05, 4.69) is 0 Å². The van der Waals surface area contributed by atoms with E-state index < -0.39 is 11.7 Å². The second-order valence-corrected chi connectivity index (χ2v) is 5.22. The molecule has 2 heterocycles. The summed E-state index contributed by atoms with van der Waals surface area (Å²) in [4.78, 5) is 26.7. The number of Topliss-reactive ketones (excluding diaryl/α,β-unsaturated/α-hetero) is 1. The molecular formula is C14H17N2O3+. The van der Waals surface area contributed by atoms with E-state index in [1.54, 1.807) is 17.0 Å². The van der Waals surface area contributed by atoms with E-state index in [0.29, 0.717) is 12.2 Å². The van der Waals surface area contributed by atoms with E-state index in [1.807, 2.05) is 12.1 Å². The highest BCUT2D eigenvalue weighted by Gasteiger charge is 2.37. The Hall–Kier alpha value is -1.72. The molecular weight excluding hydrogens is 244 g/mol. The third-order valence-electron chi connectivity index (χ3n) is 3.92. The minimum atomic E-state index is -0.431. The van der Waals surface area contributed by atoms with E-state index in [-0.39, 0.29) is 6.10 Å². The molecule has 0 radical (unpaired) electrons. The van der Waals surface area contributed by atoms with Crippen molar-refractivity contribution in [3.63, 3.8) is 0 Å². The molecule has 2 N–H and O–H groups in total. The average Bonchev–Trinajstić information content (AvgIpc) is 2.67. The topological polar surface area (TPSA) is 62.0 Å². The van der Waals surface area contributed by atoms with E-state index in [1.165, 1.54) is 4.90 Å². The van der Waals surface area contributed by atoms with Gasteiger partial charge in [0.1, 0.15) is 0 Å². The Morgan fingerprint density at radius 2 is 1.89 bits per heavy atom. The maximum absolute atomic E-state index is 12.0. The molecule has 1 saturated heterocycles. The number of carbonyl (C=O) groups is 2. The summed E-state index contributed by atoms with van der Waals surface area (Å²) in [5.74, 6) is -0.841. The molecule has 0 spiro atoms. The van der Waals surface area contributed by atoms with Crippen molar-refractivity contribution in [3.05, 3.63) is 29.8 Å². The lowest BCUT2D eigenvalue weighted by Crippen LogP contribution is -3.15. The van der Waals surface area contributed by atoms with Crippen molar-refractivity contribution in [2.75, 3.05) is 24.7 Å². The molecule has 100 valence electrons. The van der Waals surface area contributed by atoms with Crippen LogP contribution < -0.4 is 9.80 Å².